The molecule has 0 atom stereocenters. The molecule has 18 heavy (non-hydrogen) atoms. The zero-order valence-electron chi connectivity index (χ0n) is 10.5. The summed E-state index contributed by atoms with van der Waals surface area (Å²) >= 11 is 3.45. The molecule has 2 aromatic rings. The van der Waals surface area contributed by atoms with E-state index in [0.717, 1.165) is 20.9 Å². The summed E-state index contributed by atoms with van der Waals surface area (Å²) in [6.07, 6.45) is 0.554. The van der Waals surface area contributed by atoms with Crippen LogP contribution in [-0.2, 0) is 4.79 Å². The fraction of sp³-hybridized carbons (Fsp3) is 0.267. The summed E-state index contributed by atoms with van der Waals surface area (Å²) in [5.41, 5.74) is 0.857. The van der Waals surface area contributed by atoms with Crippen molar-refractivity contribution in [2.24, 2.45) is 5.92 Å². The van der Waals surface area contributed by atoms with Crippen LogP contribution in [0, 0.1) is 5.92 Å². The van der Waals surface area contributed by atoms with E-state index in [4.69, 9.17) is 0 Å². The molecule has 0 radical (unpaired) electrons. The average molecular weight is 306 g/mol. The molecule has 0 unspecified atom stereocenters. The van der Waals surface area contributed by atoms with Crippen molar-refractivity contribution < 1.29 is 4.79 Å². The van der Waals surface area contributed by atoms with Crippen molar-refractivity contribution in [2.75, 3.05) is 5.32 Å². The highest BCUT2D eigenvalue weighted by atomic mass is 79.9. The van der Waals surface area contributed by atoms with Crippen molar-refractivity contribution >= 4 is 38.3 Å². The maximum Gasteiger partial charge on any atom is 0.224 e. The van der Waals surface area contributed by atoms with Gasteiger partial charge in [-0.1, -0.05) is 41.9 Å². The Balaban J connectivity index is 2.20. The summed E-state index contributed by atoms with van der Waals surface area (Å²) in [6, 6.07) is 12.1. The fourth-order valence-corrected chi connectivity index (χ4v) is 2.26. The Morgan fingerprint density at radius 1 is 1.17 bits per heavy atom. The number of hydrogen-bond acceptors (Lipinski definition) is 1. The van der Waals surface area contributed by atoms with Gasteiger partial charge in [0.05, 0.1) is 0 Å². The molecule has 0 spiro atoms. The molecule has 0 aromatic heterocycles. The molecule has 0 saturated carbocycles. The number of amides is 1. The smallest absolute Gasteiger partial charge is 0.224 e. The van der Waals surface area contributed by atoms with Crippen molar-refractivity contribution in [3.05, 3.63) is 40.9 Å². The van der Waals surface area contributed by atoms with E-state index in [9.17, 15) is 4.79 Å². The lowest BCUT2D eigenvalue weighted by Gasteiger charge is -2.08. The molecule has 94 valence electrons. The van der Waals surface area contributed by atoms with Crippen LogP contribution in [0.3, 0.4) is 0 Å². The van der Waals surface area contributed by atoms with E-state index in [1.54, 1.807) is 0 Å². The van der Waals surface area contributed by atoms with Crippen molar-refractivity contribution in [1.29, 1.82) is 0 Å². The topological polar surface area (TPSA) is 29.1 Å². The van der Waals surface area contributed by atoms with Crippen LogP contribution >= 0.6 is 15.9 Å². The quantitative estimate of drug-likeness (QED) is 0.883. The van der Waals surface area contributed by atoms with E-state index >= 15 is 0 Å². The van der Waals surface area contributed by atoms with Gasteiger partial charge in [0.15, 0.2) is 0 Å². The number of hydrogen-bond donors (Lipinski definition) is 1. The van der Waals surface area contributed by atoms with E-state index < -0.39 is 0 Å². The third-order valence-corrected chi connectivity index (χ3v) is 3.17. The van der Waals surface area contributed by atoms with Crippen LogP contribution in [0.15, 0.2) is 40.9 Å². The minimum absolute atomic E-state index is 0.0708. The van der Waals surface area contributed by atoms with E-state index in [2.05, 4.69) is 27.3 Å². The Kier molecular flexibility index (Phi) is 4.02. The molecular weight excluding hydrogens is 290 g/mol. The van der Waals surface area contributed by atoms with Crippen molar-refractivity contribution in [3.8, 4) is 0 Å². The minimum atomic E-state index is 0.0708. The molecule has 1 N–H and O–H groups in total. The molecule has 2 rings (SSSR count). The van der Waals surface area contributed by atoms with Crippen LogP contribution in [0.1, 0.15) is 20.3 Å². The molecule has 2 aromatic carbocycles. The number of benzene rings is 2. The normalized spacial score (nSPS) is 10.9. The van der Waals surface area contributed by atoms with Gasteiger partial charge in [-0.3, -0.25) is 4.79 Å². The first-order valence-corrected chi connectivity index (χ1v) is 6.83. The van der Waals surface area contributed by atoms with Crippen LogP contribution < -0.4 is 5.32 Å². The molecule has 1 amide bonds. The number of nitrogens with one attached hydrogen (secondary N) is 1. The van der Waals surface area contributed by atoms with E-state index in [1.165, 1.54) is 0 Å². The number of anilines is 1. The zero-order valence-corrected chi connectivity index (χ0v) is 12.1. The molecule has 0 bridgehead atoms. The van der Waals surface area contributed by atoms with Gasteiger partial charge in [0.2, 0.25) is 5.91 Å². The highest BCUT2D eigenvalue weighted by Gasteiger charge is 2.05. The minimum Gasteiger partial charge on any atom is -0.326 e. The molecule has 0 aliphatic heterocycles. The lowest BCUT2D eigenvalue weighted by atomic mass is 10.1. The first-order chi connectivity index (χ1) is 8.54. The Hall–Kier alpha value is -1.35. The van der Waals surface area contributed by atoms with Gasteiger partial charge in [0.25, 0.3) is 0 Å². The van der Waals surface area contributed by atoms with Gasteiger partial charge >= 0.3 is 0 Å². The Morgan fingerprint density at radius 2 is 1.83 bits per heavy atom. The first kappa shape index (κ1) is 13.1. The van der Waals surface area contributed by atoms with Gasteiger partial charge < -0.3 is 5.32 Å². The number of rotatable bonds is 3. The second kappa shape index (κ2) is 5.53. The van der Waals surface area contributed by atoms with Crippen molar-refractivity contribution in [1.82, 2.24) is 0 Å². The SMILES string of the molecule is CC(C)CC(=O)Nc1ccc2cc(Br)ccc2c1. The zero-order chi connectivity index (χ0) is 13.1. The Bertz CT molecular complexity index is 578. The highest BCUT2D eigenvalue weighted by Crippen LogP contribution is 2.23. The number of fused-ring (bicyclic) bond motifs is 1. The number of carbonyl (C=O) groups excluding carboxylic acids is 1. The maximum absolute atomic E-state index is 11.7. The standard InChI is InChI=1S/C15H16BrNO/c1-10(2)7-15(18)17-14-6-4-11-8-13(16)5-3-12(11)9-14/h3-6,8-10H,7H2,1-2H3,(H,17,18). The molecule has 0 aliphatic rings. The average Bonchev–Trinajstić information content (AvgIpc) is 2.28. The van der Waals surface area contributed by atoms with Crippen molar-refractivity contribution in [2.45, 2.75) is 20.3 Å². The van der Waals surface area contributed by atoms with Gasteiger partial charge in [-0.15, -0.1) is 0 Å². The molecule has 3 heteroatoms. The van der Waals surface area contributed by atoms with Crippen LogP contribution in [0.5, 0.6) is 0 Å². The number of halogens is 1. The Labute approximate surface area is 116 Å². The lowest BCUT2D eigenvalue weighted by molar-refractivity contribution is -0.116. The molecule has 2 nitrogen and oxygen atoms in total. The molecule has 0 aliphatic carbocycles. The van der Waals surface area contributed by atoms with Gasteiger partial charge in [-0.05, 0) is 41.0 Å². The predicted molar refractivity (Wildman–Crippen MR) is 79.7 cm³/mol. The van der Waals surface area contributed by atoms with Crippen molar-refractivity contribution in [3.63, 3.8) is 0 Å². The predicted octanol–water partition coefficient (Wildman–Crippen LogP) is 4.59. The summed E-state index contributed by atoms with van der Waals surface area (Å²) in [5, 5.41) is 5.21. The van der Waals surface area contributed by atoms with Crippen LogP contribution in [0.25, 0.3) is 10.8 Å². The fourth-order valence-electron chi connectivity index (χ4n) is 1.88. The van der Waals surface area contributed by atoms with Crippen LogP contribution in [-0.4, -0.2) is 5.91 Å². The second-order valence-electron chi connectivity index (χ2n) is 4.85. The van der Waals surface area contributed by atoms with Crippen LogP contribution in [0.2, 0.25) is 0 Å². The van der Waals surface area contributed by atoms with Gasteiger partial charge in [0, 0.05) is 16.6 Å². The van der Waals surface area contributed by atoms with Gasteiger partial charge in [-0.2, -0.15) is 0 Å². The second-order valence-corrected chi connectivity index (χ2v) is 5.77. The highest BCUT2D eigenvalue weighted by molar-refractivity contribution is 9.10. The summed E-state index contributed by atoms with van der Waals surface area (Å²) in [4.78, 5) is 11.7. The summed E-state index contributed by atoms with van der Waals surface area (Å²) in [5.74, 6) is 0.447. The van der Waals surface area contributed by atoms with E-state index in [1.807, 2.05) is 44.2 Å². The summed E-state index contributed by atoms with van der Waals surface area (Å²) in [7, 11) is 0. The van der Waals surface area contributed by atoms with E-state index in [0.29, 0.717) is 12.3 Å². The first-order valence-electron chi connectivity index (χ1n) is 6.04. The summed E-state index contributed by atoms with van der Waals surface area (Å²) in [6.45, 7) is 4.08. The van der Waals surface area contributed by atoms with Crippen LogP contribution in [0.4, 0.5) is 5.69 Å². The monoisotopic (exact) mass is 305 g/mol. The lowest BCUT2D eigenvalue weighted by Crippen LogP contribution is -2.13. The third-order valence-electron chi connectivity index (χ3n) is 2.68. The van der Waals surface area contributed by atoms with E-state index in [-0.39, 0.29) is 5.91 Å². The van der Waals surface area contributed by atoms with Gasteiger partial charge in [0.1, 0.15) is 0 Å². The largest absolute Gasteiger partial charge is 0.326 e. The Morgan fingerprint density at radius 3 is 2.56 bits per heavy atom. The third kappa shape index (κ3) is 3.33. The number of carbonyl (C=O) groups is 1. The summed E-state index contributed by atoms with van der Waals surface area (Å²) < 4.78 is 1.06. The molecular formula is C15H16BrNO. The van der Waals surface area contributed by atoms with Gasteiger partial charge in [-0.25, -0.2) is 0 Å². The maximum atomic E-state index is 11.7. The molecule has 0 saturated heterocycles. The molecule has 0 heterocycles. The molecule has 0 fully saturated rings.